The summed E-state index contributed by atoms with van der Waals surface area (Å²) >= 11 is 0. The second-order valence-corrected chi connectivity index (χ2v) is 4.64. The van der Waals surface area contributed by atoms with Crippen LogP contribution in [0.2, 0.25) is 0 Å². The molecule has 0 radical (unpaired) electrons. The number of phenols is 1. The highest BCUT2D eigenvalue weighted by molar-refractivity contribution is 6.00. The molecule has 22 heavy (non-hydrogen) atoms. The van der Waals surface area contributed by atoms with Gasteiger partial charge < -0.3 is 9.84 Å². The maximum Gasteiger partial charge on any atom is 0.271 e. The molecule has 114 valence electrons. The highest BCUT2D eigenvalue weighted by Gasteiger charge is 2.05. The third-order valence-electron chi connectivity index (χ3n) is 3.04. The zero-order valence-corrected chi connectivity index (χ0v) is 12.5. The zero-order valence-electron chi connectivity index (χ0n) is 12.5. The Hall–Kier alpha value is -2.82. The monoisotopic (exact) mass is 298 g/mol. The predicted molar refractivity (Wildman–Crippen MR) is 85.4 cm³/mol. The van der Waals surface area contributed by atoms with E-state index in [-0.39, 0.29) is 11.7 Å². The molecule has 0 saturated heterocycles. The van der Waals surface area contributed by atoms with E-state index in [1.165, 1.54) is 24.3 Å². The fourth-order valence-corrected chi connectivity index (χ4v) is 1.84. The van der Waals surface area contributed by atoms with E-state index in [0.29, 0.717) is 17.9 Å². The molecule has 0 aromatic heterocycles. The van der Waals surface area contributed by atoms with Crippen molar-refractivity contribution in [3.8, 4) is 11.5 Å². The standard InChI is InChI=1S/C17H18N2O3/c1-3-22-16-10-6-13(7-11-16)12(2)18-19-17(21)14-4-8-15(20)9-5-14/h4-11,20H,3H2,1-2H3,(H,19,21). The van der Waals surface area contributed by atoms with E-state index < -0.39 is 0 Å². The number of nitrogens with one attached hydrogen (secondary N) is 1. The molecule has 2 rings (SSSR count). The average Bonchev–Trinajstić information content (AvgIpc) is 2.54. The summed E-state index contributed by atoms with van der Waals surface area (Å²) in [7, 11) is 0. The van der Waals surface area contributed by atoms with Gasteiger partial charge in [-0.2, -0.15) is 5.10 Å². The molecule has 0 spiro atoms. The molecule has 0 aliphatic rings. The van der Waals surface area contributed by atoms with Gasteiger partial charge in [-0.05, 0) is 67.9 Å². The normalized spacial score (nSPS) is 11.1. The van der Waals surface area contributed by atoms with Crippen LogP contribution in [-0.4, -0.2) is 23.3 Å². The summed E-state index contributed by atoms with van der Waals surface area (Å²) < 4.78 is 5.38. The molecular weight excluding hydrogens is 280 g/mol. The van der Waals surface area contributed by atoms with Gasteiger partial charge in [0.05, 0.1) is 12.3 Å². The molecule has 0 aliphatic carbocycles. The highest BCUT2D eigenvalue weighted by atomic mass is 16.5. The summed E-state index contributed by atoms with van der Waals surface area (Å²) in [6.45, 7) is 4.36. The molecule has 2 N–H and O–H groups in total. The molecule has 0 aliphatic heterocycles. The summed E-state index contributed by atoms with van der Waals surface area (Å²) in [6, 6.07) is 13.5. The minimum absolute atomic E-state index is 0.116. The number of hydrazone groups is 1. The van der Waals surface area contributed by atoms with Crippen molar-refractivity contribution in [2.24, 2.45) is 5.10 Å². The van der Waals surface area contributed by atoms with Crippen molar-refractivity contribution in [3.05, 3.63) is 59.7 Å². The minimum atomic E-state index is -0.328. The van der Waals surface area contributed by atoms with Gasteiger partial charge in [-0.3, -0.25) is 4.79 Å². The van der Waals surface area contributed by atoms with Crippen LogP contribution in [-0.2, 0) is 0 Å². The summed E-state index contributed by atoms with van der Waals surface area (Å²) in [5.41, 5.74) is 4.51. The van der Waals surface area contributed by atoms with Crippen LogP contribution in [0.1, 0.15) is 29.8 Å². The molecule has 0 heterocycles. The van der Waals surface area contributed by atoms with Crippen molar-refractivity contribution in [2.45, 2.75) is 13.8 Å². The Morgan fingerprint density at radius 3 is 2.27 bits per heavy atom. The van der Waals surface area contributed by atoms with Crippen LogP contribution in [0.3, 0.4) is 0 Å². The number of carbonyl (C=O) groups is 1. The quantitative estimate of drug-likeness (QED) is 0.658. The third-order valence-corrected chi connectivity index (χ3v) is 3.04. The lowest BCUT2D eigenvalue weighted by atomic mass is 10.1. The van der Waals surface area contributed by atoms with Gasteiger partial charge in [0.25, 0.3) is 5.91 Å². The molecule has 0 unspecified atom stereocenters. The zero-order chi connectivity index (χ0) is 15.9. The van der Waals surface area contributed by atoms with Gasteiger partial charge in [-0.1, -0.05) is 0 Å². The molecule has 2 aromatic rings. The first-order valence-electron chi connectivity index (χ1n) is 6.97. The fraction of sp³-hybridized carbons (Fsp3) is 0.176. The lowest BCUT2D eigenvalue weighted by Crippen LogP contribution is -2.19. The Balaban J connectivity index is 2.02. The van der Waals surface area contributed by atoms with Crippen molar-refractivity contribution in [1.82, 2.24) is 5.43 Å². The maximum atomic E-state index is 11.9. The Morgan fingerprint density at radius 2 is 1.68 bits per heavy atom. The van der Waals surface area contributed by atoms with Crippen LogP contribution < -0.4 is 10.2 Å². The number of hydrogen-bond acceptors (Lipinski definition) is 4. The van der Waals surface area contributed by atoms with Gasteiger partial charge in [0.2, 0.25) is 0 Å². The second kappa shape index (κ2) is 7.26. The number of phenolic OH excluding ortho intramolecular Hbond substituents is 1. The SMILES string of the molecule is CCOc1ccc(C(C)=NNC(=O)c2ccc(O)cc2)cc1. The van der Waals surface area contributed by atoms with E-state index in [0.717, 1.165) is 11.3 Å². The fourth-order valence-electron chi connectivity index (χ4n) is 1.84. The van der Waals surface area contributed by atoms with Crippen LogP contribution in [0.4, 0.5) is 0 Å². The topological polar surface area (TPSA) is 70.9 Å². The van der Waals surface area contributed by atoms with E-state index in [1.54, 1.807) is 0 Å². The number of rotatable bonds is 5. The molecule has 5 nitrogen and oxygen atoms in total. The van der Waals surface area contributed by atoms with E-state index in [1.807, 2.05) is 38.1 Å². The van der Waals surface area contributed by atoms with E-state index in [4.69, 9.17) is 4.74 Å². The first kappa shape index (κ1) is 15.6. The molecule has 0 fully saturated rings. The number of hydrogen-bond donors (Lipinski definition) is 2. The van der Waals surface area contributed by atoms with Crippen molar-refractivity contribution in [1.29, 1.82) is 0 Å². The summed E-state index contributed by atoms with van der Waals surface area (Å²) in [5.74, 6) is 0.586. The molecule has 2 aromatic carbocycles. The highest BCUT2D eigenvalue weighted by Crippen LogP contribution is 2.13. The molecule has 0 saturated carbocycles. The molecule has 0 bridgehead atoms. The Kier molecular flexibility index (Phi) is 5.14. The summed E-state index contributed by atoms with van der Waals surface area (Å²) in [5, 5.41) is 13.3. The minimum Gasteiger partial charge on any atom is -0.508 e. The molecular formula is C17H18N2O3. The van der Waals surface area contributed by atoms with Gasteiger partial charge in [-0.25, -0.2) is 5.43 Å². The number of nitrogens with zero attached hydrogens (tertiary/aromatic N) is 1. The van der Waals surface area contributed by atoms with E-state index >= 15 is 0 Å². The molecule has 1 amide bonds. The van der Waals surface area contributed by atoms with E-state index in [2.05, 4.69) is 10.5 Å². The first-order chi connectivity index (χ1) is 10.6. The Labute approximate surface area is 129 Å². The van der Waals surface area contributed by atoms with Crippen LogP contribution in [0, 0.1) is 0 Å². The first-order valence-corrected chi connectivity index (χ1v) is 6.97. The smallest absolute Gasteiger partial charge is 0.271 e. The molecule has 0 atom stereocenters. The largest absolute Gasteiger partial charge is 0.508 e. The lowest BCUT2D eigenvalue weighted by molar-refractivity contribution is 0.0955. The average molecular weight is 298 g/mol. The Morgan fingerprint density at radius 1 is 1.09 bits per heavy atom. The van der Waals surface area contributed by atoms with Gasteiger partial charge in [-0.15, -0.1) is 0 Å². The summed E-state index contributed by atoms with van der Waals surface area (Å²) in [4.78, 5) is 11.9. The van der Waals surface area contributed by atoms with Gasteiger partial charge in [0, 0.05) is 5.56 Å². The van der Waals surface area contributed by atoms with Gasteiger partial charge >= 0.3 is 0 Å². The molecule has 5 heteroatoms. The van der Waals surface area contributed by atoms with Crippen molar-refractivity contribution in [2.75, 3.05) is 6.61 Å². The van der Waals surface area contributed by atoms with Gasteiger partial charge in [0.15, 0.2) is 0 Å². The van der Waals surface area contributed by atoms with Crippen LogP contribution in [0.15, 0.2) is 53.6 Å². The second-order valence-electron chi connectivity index (χ2n) is 4.64. The maximum absolute atomic E-state index is 11.9. The van der Waals surface area contributed by atoms with Gasteiger partial charge in [0.1, 0.15) is 11.5 Å². The number of carbonyl (C=O) groups excluding carboxylic acids is 1. The number of ether oxygens (including phenoxy) is 1. The van der Waals surface area contributed by atoms with Crippen LogP contribution in [0.5, 0.6) is 11.5 Å². The number of benzene rings is 2. The lowest BCUT2D eigenvalue weighted by Gasteiger charge is -2.05. The van der Waals surface area contributed by atoms with E-state index in [9.17, 15) is 9.90 Å². The third kappa shape index (κ3) is 4.09. The Bertz CT molecular complexity index is 661. The van der Waals surface area contributed by atoms with Crippen LogP contribution in [0.25, 0.3) is 0 Å². The number of amides is 1. The predicted octanol–water partition coefficient (Wildman–Crippen LogP) is 2.94. The van der Waals surface area contributed by atoms with Crippen molar-refractivity contribution >= 4 is 11.6 Å². The van der Waals surface area contributed by atoms with Crippen molar-refractivity contribution in [3.63, 3.8) is 0 Å². The van der Waals surface area contributed by atoms with Crippen LogP contribution >= 0.6 is 0 Å². The number of aromatic hydroxyl groups is 1. The van der Waals surface area contributed by atoms with Crippen molar-refractivity contribution < 1.29 is 14.6 Å². The summed E-state index contributed by atoms with van der Waals surface area (Å²) in [6.07, 6.45) is 0.